The van der Waals surface area contributed by atoms with Gasteiger partial charge in [0.05, 0.1) is 0 Å². The van der Waals surface area contributed by atoms with Crippen molar-refractivity contribution in [1.82, 2.24) is 0 Å². The van der Waals surface area contributed by atoms with Crippen LogP contribution in [-0.4, -0.2) is 0 Å². The van der Waals surface area contributed by atoms with E-state index in [9.17, 15) is 5.11 Å². The van der Waals surface area contributed by atoms with Crippen molar-refractivity contribution < 1.29 is 5.11 Å². The van der Waals surface area contributed by atoms with Crippen molar-refractivity contribution in [3.8, 4) is 5.75 Å². The second kappa shape index (κ2) is 9.09. The van der Waals surface area contributed by atoms with Gasteiger partial charge in [0.25, 0.3) is 0 Å². The Morgan fingerprint density at radius 1 is 0.824 bits per heavy atom. The molecule has 0 heterocycles. The minimum atomic E-state index is 0.204. The lowest BCUT2D eigenvalue weighted by Crippen LogP contribution is -1.96. The van der Waals surface area contributed by atoms with Gasteiger partial charge in [-0.2, -0.15) is 0 Å². The topological polar surface area (TPSA) is 23.1 Å². The van der Waals surface area contributed by atoms with E-state index >= 15 is 0 Å². The third kappa shape index (κ3) is 6.35. The van der Waals surface area contributed by atoms with E-state index in [1.165, 1.54) is 44.9 Å². The van der Waals surface area contributed by atoms with E-state index in [0.29, 0.717) is 0 Å². The Morgan fingerprint density at radius 3 is 2.06 bits per heavy atom. The Bertz CT molecular complexity index is 293. The fraction of sp³-hybridized carbons (Fsp3) is 0.625. The molecule has 96 valence electrons. The Kier molecular flexibility index (Phi) is 7.53. The zero-order valence-electron chi connectivity index (χ0n) is 11.1. The SMILES string of the molecule is CCCCCCCCCCc1ccccc1[O-]. The maximum Gasteiger partial charge on any atom is -0.0285 e. The quantitative estimate of drug-likeness (QED) is 0.578. The standard InChI is InChI=1S/C16H26O/c1-2-3-4-5-6-7-8-9-12-15-13-10-11-14-16(15)17/h10-11,13-14,17H,2-9,12H2,1H3/p-1. The summed E-state index contributed by atoms with van der Waals surface area (Å²) in [5, 5.41) is 11.5. The lowest BCUT2D eigenvalue weighted by molar-refractivity contribution is -0.269. The largest absolute Gasteiger partial charge is 0.872 e. The molecule has 0 aromatic heterocycles. The fourth-order valence-electron chi connectivity index (χ4n) is 2.16. The summed E-state index contributed by atoms with van der Waals surface area (Å²) in [4.78, 5) is 0. The van der Waals surface area contributed by atoms with Gasteiger partial charge in [-0.25, -0.2) is 0 Å². The fourth-order valence-corrected chi connectivity index (χ4v) is 2.16. The molecule has 0 saturated carbocycles. The van der Waals surface area contributed by atoms with Crippen LogP contribution >= 0.6 is 0 Å². The van der Waals surface area contributed by atoms with Gasteiger partial charge in [-0.3, -0.25) is 0 Å². The Labute approximate surface area is 106 Å². The predicted molar refractivity (Wildman–Crippen MR) is 72.2 cm³/mol. The van der Waals surface area contributed by atoms with Crippen molar-refractivity contribution in [2.45, 2.75) is 64.7 Å². The van der Waals surface area contributed by atoms with Crippen molar-refractivity contribution in [1.29, 1.82) is 0 Å². The monoisotopic (exact) mass is 233 g/mol. The first-order chi connectivity index (χ1) is 8.34. The van der Waals surface area contributed by atoms with E-state index in [2.05, 4.69) is 6.92 Å². The molecule has 0 radical (unpaired) electrons. The van der Waals surface area contributed by atoms with Gasteiger partial charge in [0.15, 0.2) is 0 Å². The van der Waals surface area contributed by atoms with Crippen molar-refractivity contribution >= 4 is 0 Å². The molecule has 1 aromatic rings. The molecule has 0 unspecified atom stereocenters. The molecule has 0 bridgehead atoms. The molecular formula is C16H25O-. The van der Waals surface area contributed by atoms with E-state index in [-0.39, 0.29) is 5.75 Å². The molecule has 0 aliphatic carbocycles. The van der Waals surface area contributed by atoms with E-state index in [1.807, 2.05) is 18.2 Å². The van der Waals surface area contributed by atoms with Crippen LogP contribution in [-0.2, 0) is 6.42 Å². The van der Waals surface area contributed by atoms with Crippen LogP contribution in [0.4, 0.5) is 0 Å². The summed E-state index contributed by atoms with van der Waals surface area (Å²) < 4.78 is 0. The lowest BCUT2D eigenvalue weighted by Gasteiger charge is -2.12. The zero-order chi connectivity index (χ0) is 12.3. The molecular weight excluding hydrogens is 208 g/mol. The minimum Gasteiger partial charge on any atom is -0.872 e. The molecule has 0 saturated heterocycles. The molecule has 1 nitrogen and oxygen atoms in total. The van der Waals surface area contributed by atoms with Gasteiger partial charge in [-0.15, -0.1) is 5.75 Å². The number of rotatable bonds is 9. The summed E-state index contributed by atoms with van der Waals surface area (Å²) >= 11 is 0. The third-order valence-electron chi connectivity index (χ3n) is 3.27. The van der Waals surface area contributed by atoms with Crippen LogP contribution < -0.4 is 5.11 Å². The van der Waals surface area contributed by atoms with Crippen molar-refractivity contribution in [2.24, 2.45) is 0 Å². The zero-order valence-corrected chi connectivity index (χ0v) is 11.1. The van der Waals surface area contributed by atoms with Gasteiger partial charge < -0.3 is 5.11 Å². The van der Waals surface area contributed by atoms with Crippen LogP contribution in [0.15, 0.2) is 24.3 Å². The molecule has 1 rings (SSSR count). The minimum absolute atomic E-state index is 0.204. The highest BCUT2D eigenvalue weighted by atomic mass is 16.3. The molecule has 0 N–H and O–H groups in total. The number of para-hydroxylation sites is 1. The van der Waals surface area contributed by atoms with Crippen LogP contribution in [0.2, 0.25) is 0 Å². The van der Waals surface area contributed by atoms with E-state index in [4.69, 9.17) is 0 Å². The van der Waals surface area contributed by atoms with Gasteiger partial charge in [0.2, 0.25) is 0 Å². The maximum absolute atomic E-state index is 11.5. The van der Waals surface area contributed by atoms with Gasteiger partial charge >= 0.3 is 0 Å². The summed E-state index contributed by atoms with van der Waals surface area (Å²) in [5.74, 6) is 0.204. The molecule has 0 fully saturated rings. The number of hydrogen-bond donors (Lipinski definition) is 0. The Morgan fingerprint density at radius 2 is 1.41 bits per heavy atom. The van der Waals surface area contributed by atoms with Crippen LogP contribution in [0.25, 0.3) is 0 Å². The van der Waals surface area contributed by atoms with E-state index in [1.54, 1.807) is 6.07 Å². The summed E-state index contributed by atoms with van der Waals surface area (Å²) in [7, 11) is 0. The van der Waals surface area contributed by atoms with Crippen LogP contribution in [0, 0.1) is 0 Å². The molecule has 0 atom stereocenters. The average Bonchev–Trinajstić information content (AvgIpc) is 2.35. The van der Waals surface area contributed by atoms with Crippen LogP contribution in [0.1, 0.15) is 63.9 Å². The lowest BCUT2D eigenvalue weighted by atomic mass is 10.0. The molecule has 0 amide bonds. The molecule has 0 aliphatic rings. The van der Waals surface area contributed by atoms with Gasteiger partial charge in [-0.05, 0) is 12.8 Å². The van der Waals surface area contributed by atoms with E-state index < -0.39 is 0 Å². The van der Waals surface area contributed by atoms with Crippen molar-refractivity contribution in [3.05, 3.63) is 29.8 Å². The molecule has 1 aromatic carbocycles. The van der Waals surface area contributed by atoms with Crippen molar-refractivity contribution in [3.63, 3.8) is 0 Å². The molecule has 0 spiro atoms. The highest BCUT2D eigenvalue weighted by Crippen LogP contribution is 2.16. The van der Waals surface area contributed by atoms with Gasteiger partial charge in [-0.1, -0.05) is 81.7 Å². The Balaban J connectivity index is 1.99. The first-order valence-electron chi connectivity index (χ1n) is 7.09. The van der Waals surface area contributed by atoms with Gasteiger partial charge in [0, 0.05) is 0 Å². The van der Waals surface area contributed by atoms with E-state index in [0.717, 1.165) is 18.4 Å². The predicted octanol–water partition coefficient (Wildman–Crippen LogP) is 4.44. The normalized spacial score (nSPS) is 10.6. The van der Waals surface area contributed by atoms with Crippen LogP contribution in [0.3, 0.4) is 0 Å². The van der Waals surface area contributed by atoms with Gasteiger partial charge in [0.1, 0.15) is 0 Å². The summed E-state index contributed by atoms with van der Waals surface area (Å²) in [6.07, 6.45) is 11.5. The van der Waals surface area contributed by atoms with Crippen LogP contribution in [0.5, 0.6) is 5.75 Å². The summed E-state index contributed by atoms with van der Waals surface area (Å²) in [6.45, 7) is 2.25. The van der Waals surface area contributed by atoms with Crippen molar-refractivity contribution in [2.75, 3.05) is 0 Å². The highest BCUT2D eigenvalue weighted by molar-refractivity contribution is 5.30. The molecule has 17 heavy (non-hydrogen) atoms. The second-order valence-electron chi connectivity index (χ2n) is 4.83. The second-order valence-corrected chi connectivity index (χ2v) is 4.83. The first-order valence-corrected chi connectivity index (χ1v) is 7.09. The third-order valence-corrected chi connectivity index (χ3v) is 3.27. The number of hydrogen-bond acceptors (Lipinski definition) is 1. The summed E-state index contributed by atoms with van der Waals surface area (Å²) in [6, 6.07) is 7.41. The first kappa shape index (κ1) is 14.1. The molecule has 0 aliphatic heterocycles. The molecule has 1 heteroatoms. The average molecular weight is 233 g/mol. The number of benzene rings is 1. The summed E-state index contributed by atoms with van der Waals surface area (Å²) in [5.41, 5.74) is 0.985. The maximum atomic E-state index is 11.5. The smallest absolute Gasteiger partial charge is 0.0285 e. The number of aryl methyl sites for hydroxylation is 1. The highest BCUT2D eigenvalue weighted by Gasteiger charge is 1.94. The number of unbranched alkanes of at least 4 members (excludes halogenated alkanes) is 7. The Hall–Kier alpha value is -0.980.